The van der Waals surface area contributed by atoms with E-state index >= 15 is 0 Å². The maximum absolute atomic E-state index is 13.0. The van der Waals surface area contributed by atoms with Gasteiger partial charge in [-0.15, -0.1) is 0 Å². The van der Waals surface area contributed by atoms with Gasteiger partial charge in [0, 0.05) is 90.9 Å². The number of nitrogens with zero attached hydrogens (tertiary/aromatic N) is 2. The predicted octanol–water partition coefficient (Wildman–Crippen LogP) is 22.3. The number of rotatable bonds is 22. The van der Waals surface area contributed by atoms with Crippen molar-refractivity contribution in [2.24, 2.45) is 23.7 Å². The van der Waals surface area contributed by atoms with Crippen molar-refractivity contribution < 1.29 is 38.1 Å². The molecule has 0 aromatic heterocycles. The van der Waals surface area contributed by atoms with Crippen molar-refractivity contribution in [3.63, 3.8) is 0 Å². The normalized spacial score (nSPS) is 19.5. The van der Waals surface area contributed by atoms with Crippen molar-refractivity contribution in [1.29, 1.82) is 0 Å². The van der Waals surface area contributed by atoms with Gasteiger partial charge in [-0.25, -0.2) is 19.2 Å². The average Bonchev–Trinajstić information content (AvgIpc) is 1.44. The number of esters is 4. The number of fused-ring (bicyclic) bond motifs is 16. The molecule has 15 rings (SSSR count). The summed E-state index contributed by atoms with van der Waals surface area (Å²) in [7, 11) is 0. The van der Waals surface area contributed by atoms with Crippen LogP contribution in [0.15, 0.2) is 268 Å². The highest BCUT2D eigenvalue weighted by molar-refractivity contribution is 5.95. The van der Waals surface area contributed by atoms with Gasteiger partial charge in [-0.05, 0) is 239 Å². The van der Waals surface area contributed by atoms with Crippen LogP contribution in [0.25, 0.3) is 44.5 Å². The number of anilines is 6. The fourth-order valence-corrected chi connectivity index (χ4v) is 19.6. The van der Waals surface area contributed by atoms with E-state index in [1.807, 2.05) is 27.7 Å². The van der Waals surface area contributed by atoms with Gasteiger partial charge in [-0.3, -0.25) is 0 Å². The van der Waals surface area contributed by atoms with Crippen LogP contribution in [0.2, 0.25) is 0 Å². The van der Waals surface area contributed by atoms with E-state index < -0.39 is 65.0 Å². The summed E-state index contributed by atoms with van der Waals surface area (Å²) >= 11 is 0. The fourth-order valence-electron chi connectivity index (χ4n) is 19.6. The van der Waals surface area contributed by atoms with Gasteiger partial charge in [0.05, 0.1) is 0 Å². The Bertz CT molecular complexity index is 5270. The van der Waals surface area contributed by atoms with E-state index in [0.717, 1.165) is 57.4 Å². The summed E-state index contributed by atoms with van der Waals surface area (Å²) < 4.78 is 23.5. The lowest BCUT2D eigenvalue weighted by molar-refractivity contribution is -0.156. The van der Waals surface area contributed by atoms with Gasteiger partial charge in [0.25, 0.3) is 0 Å². The SMILES string of the molecule is C=CC(=O)OC(C)C(Cc1ccc(N(c2ccc3c(c2)C(C)(C)c2ccccc2-3)c2ccc3c(c2)C2(c4ccccc4-3)C(C)C3(c4ccccc4-c4ccc(N(c5ccc(CC(C(C)OC(=O)C(=C)C)C(C)OC(=O)C(=C)C)cc5)c5ccc6c(c5)C(C)(C)c5ccccc5-6)cc43)C2C)cc1)C(C)OC(=O)C=C. The zero-order valence-electron chi connectivity index (χ0n) is 64.0. The third-order valence-electron chi connectivity index (χ3n) is 25.1. The van der Waals surface area contributed by atoms with Crippen LogP contribution < -0.4 is 9.80 Å². The molecule has 10 aromatic carbocycles. The van der Waals surface area contributed by atoms with Crippen molar-refractivity contribution >= 4 is 58.0 Å². The second-order valence-electron chi connectivity index (χ2n) is 31.7. The number of benzene rings is 10. The average molecular weight is 1430 g/mol. The van der Waals surface area contributed by atoms with Crippen LogP contribution in [-0.4, -0.2) is 48.3 Å². The molecule has 10 heteroatoms. The molecule has 6 atom stereocenters. The predicted molar refractivity (Wildman–Crippen MR) is 435 cm³/mol. The molecule has 0 radical (unpaired) electrons. The highest BCUT2D eigenvalue weighted by Gasteiger charge is 2.73. The van der Waals surface area contributed by atoms with E-state index in [1.165, 1.54) is 89.0 Å². The monoisotopic (exact) mass is 1430 g/mol. The molecular formula is C98H94N2O8. The lowest BCUT2D eigenvalue weighted by Gasteiger charge is -2.67. The quantitative estimate of drug-likeness (QED) is 0.0369. The Hall–Kier alpha value is -11.4. The molecule has 0 aliphatic heterocycles. The molecule has 0 saturated heterocycles. The summed E-state index contributed by atoms with van der Waals surface area (Å²) in [6.45, 7) is 39.9. The van der Waals surface area contributed by atoms with Gasteiger partial charge in [0.2, 0.25) is 0 Å². The van der Waals surface area contributed by atoms with Crippen LogP contribution in [0, 0.1) is 23.7 Å². The Balaban J connectivity index is 0.854. The van der Waals surface area contributed by atoms with Crippen LogP contribution >= 0.6 is 0 Å². The van der Waals surface area contributed by atoms with E-state index in [-0.39, 0.29) is 28.6 Å². The molecule has 10 aromatic rings. The van der Waals surface area contributed by atoms with Gasteiger partial charge in [0.1, 0.15) is 24.4 Å². The molecule has 0 heterocycles. The second-order valence-corrected chi connectivity index (χ2v) is 31.7. The van der Waals surface area contributed by atoms with Crippen molar-refractivity contribution in [2.75, 3.05) is 9.80 Å². The van der Waals surface area contributed by atoms with Gasteiger partial charge in [-0.1, -0.05) is 213 Å². The maximum Gasteiger partial charge on any atom is 0.333 e. The Morgan fingerprint density at radius 1 is 0.361 bits per heavy atom. The van der Waals surface area contributed by atoms with Crippen LogP contribution in [0.4, 0.5) is 34.1 Å². The Morgan fingerprint density at radius 3 is 0.935 bits per heavy atom. The number of carbonyl (C=O) groups is 4. The minimum atomic E-state index is -0.613. The van der Waals surface area contributed by atoms with Crippen LogP contribution in [0.5, 0.6) is 0 Å². The molecule has 0 bridgehead atoms. The maximum atomic E-state index is 13.0. The van der Waals surface area contributed by atoms with Crippen LogP contribution in [-0.2, 0) is 72.6 Å². The number of ether oxygens (including phenoxy) is 4. The third-order valence-corrected chi connectivity index (χ3v) is 25.1. The molecule has 0 amide bonds. The smallest absolute Gasteiger partial charge is 0.333 e. The highest BCUT2D eigenvalue weighted by atomic mass is 16.6. The fraction of sp³-hybridized carbons (Fsp3) is 0.265. The molecule has 2 spiro atoms. The standard InChI is InChI=1S/C98H94N2O8/c1-17-91(101)105-59(7)81(60(8)106-92(102)18-2)51-65-35-39-67(40-36-65)99(69-43-47-77-73-27-19-23-31-83(73)95(13,14)87(77)53-69)71-45-49-79-75-29-21-25-33-85(75)97(89(79)55-71)63(11)98(64(97)12)86-34-26-22-30-76(86)80-50-46-72(56-90(80)98)100(70-44-48-78-74-28-20-24-32-84(74)96(15,16)88(78)54-70)68-41-37-66(38-42-68)52-82(61(9)107-93(103)57(3)4)62(10)108-94(104)58(5)6/h17-50,53-56,59-64,81-82H,1-3,5,51-52H2,4,6-16H3. The van der Waals surface area contributed by atoms with Crippen molar-refractivity contribution in [2.45, 2.75) is 142 Å². The summed E-state index contributed by atoms with van der Waals surface area (Å²) in [6.07, 6.45) is 0.788. The minimum Gasteiger partial charge on any atom is -0.459 e. The first-order chi connectivity index (χ1) is 51.7. The third kappa shape index (κ3) is 11.5. The summed E-state index contributed by atoms with van der Waals surface area (Å²) in [4.78, 5) is 56.2. The van der Waals surface area contributed by atoms with Gasteiger partial charge in [-0.2, -0.15) is 0 Å². The summed E-state index contributed by atoms with van der Waals surface area (Å²) in [5.74, 6) is -2.80. The molecule has 108 heavy (non-hydrogen) atoms. The zero-order valence-corrected chi connectivity index (χ0v) is 64.0. The number of carbonyl (C=O) groups excluding carboxylic acids is 4. The Labute approximate surface area is 636 Å². The first-order valence-electron chi connectivity index (χ1n) is 37.9. The first kappa shape index (κ1) is 72.2. The minimum absolute atomic E-state index is 0.0330. The van der Waals surface area contributed by atoms with Crippen molar-refractivity contribution in [3.05, 3.63) is 324 Å². The number of hydrogen-bond donors (Lipinski definition) is 0. The molecule has 5 aliphatic rings. The van der Waals surface area contributed by atoms with E-state index in [1.54, 1.807) is 13.8 Å². The molecule has 5 aliphatic carbocycles. The van der Waals surface area contributed by atoms with Gasteiger partial charge in [0.15, 0.2) is 0 Å². The molecule has 6 unspecified atom stereocenters. The summed E-state index contributed by atoms with van der Waals surface area (Å²) in [5.41, 5.74) is 27.6. The number of hydrogen-bond acceptors (Lipinski definition) is 10. The topological polar surface area (TPSA) is 112 Å². The summed E-state index contributed by atoms with van der Waals surface area (Å²) in [6, 6.07) is 81.4. The van der Waals surface area contributed by atoms with Gasteiger partial charge < -0.3 is 28.7 Å². The van der Waals surface area contributed by atoms with E-state index in [0.29, 0.717) is 24.0 Å². The second kappa shape index (κ2) is 27.5. The molecular weight excluding hydrogens is 1330 g/mol. The van der Waals surface area contributed by atoms with Crippen molar-refractivity contribution in [3.8, 4) is 44.5 Å². The van der Waals surface area contributed by atoms with E-state index in [2.05, 4.69) is 296 Å². The molecule has 1 fully saturated rings. The van der Waals surface area contributed by atoms with Crippen molar-refractivity contribution in [1.82, 2.24) is 0 Å². The summed E-state index contributed by atoms with van der Waals surface area (Å²) in [5, 5.41) is 0. The van der Waals surface area contributed by atoms with Crippen LogP contribution in [0.3, 0.4) is 0 Å². The van der Waals surface area contributed by atoms with E-state index in [9.17, 15) is 19.2 Å². The first-order valence-corrected chi connectivity index (χ1v) is 37.9. The Morgan fingerprint density at radius 2 is 0.620 bits per heavy atom. The lowest BCUT2D eigenvalue weighted by atomic mass is 9.35. The zero-order chi connectivity index (χ0) is 76.2. The molecule has 0 N–H and O–H groups in total. The Kier molecular flexibility index (Phi) is 18.4. The molecule has 10 nitrogen and oxygen atoms in total. The van der Waals surface area contributed by atoms with Gasteiger partial charge >= 0.3 is 23.9 Å². The largest absolute Gasteiger partial charge is 0.459 e. The molecule has 544 valence electrons. The van der Waals surface area contributed by atoms with E-state index in [4.69, 9.17) is 18.9 Å². The highest BCUT2D eigenvalue weighted by Crippen LogP contribution is 2.77. The lowest BCUT2D eigenvalue weighted by Crippen LogP contribution is -2.67. The molecule has 1 saturated carbocycles. The van der Waals surface area contributed by atoms with Crippen LogP contribution in [0.1, 0.15) is 139 Å².